The Kier molecular flexibility index (Phi) is 7.02. The van der Waals surface area contributed by atoms with Crippen LogP contribution in [0.5, 0.6) is 17.2 Å². The summed E-state index contributed by atoms with van der Waals surface area (Å²) in [5.41, 5.74) is 2.97. The smallest absolute Gasteiger partial charge is 0.253 e. The monoisotopic (exact) mass is 397 g/mol. The number of aryl methyl sites for hydroxylation is 2. The molecule has 5 heteroatoms. The number of likely N-dealkylation sites (tertiary alicyclic amines) is 1. The van der Waals surface area contributed by atoms with Gasteiger partial charge in [0.15, 0.2) is 11.5 Å². The fourth-order valence-electron chi connectivity index (χ4n) is 3.56. The second kappa shape index (κ2) is 9.68. The number of carbonyl (C=O) groups is 1. The van der Waals surface area contributed by atoms with E-state index < -0.39 is 0 Å². The lowest BCUT2D eigenvalue weighted by Crippen LogP contribution is -2.41. The summed E-state index contributed by atoms with van der Waals surface area (Å²) < 4.78 is 17.5. The van der Waals surface area contributed by atoms with Crippen molar-refractivity contribution in [2.45, 2.75) is 46.6 Å². The average molecular weight is 398 g/mol. The molecule has 0 N–H and O–H groups in total. The number of benzene rings is 2. The van der Waals surface area contributed by atoms with Crippen molar-refractivity contribution in [3.63, 3.8) is 0 Å². The molecule has 1 heterocycles. The van der Waals surface area contributed by atoms with Gasteiger partial charge in [0.2, 0.25) is 0 Å². The van der Waals surface area contributed by atoms with Crippen LogP contribution in [0, 0.1) is 13.8 Å². The van der Waals surface area contributed by atoms with E-state index in [9.17, 15) is 4.79 Å². The first-order chi connectivity index (χ1) is 14.0. The third-order valence-corrected chi connectivity index (χ3v) is 5.16. The quantitative estimate of drug-likeness (QED) is 0.674. The minimum absolute atomic E-state index is 0.0270. The Balaban J connectivity index is 1.62. The fraction of sp³-hybridized carbons (Fsp3) is 0.458. The maximum absolute atomic E-state index is 13.0. The molecule has 0 radical (unpaired) electrons. The van der Waals surface area contributed by atoms with Gasteiger partial charge in [0, 0.05) is 31.5 Å². The van der Waals surface area contributed by atoms with Crippen molar-refractivity contribution in [1.82, 2.24) is 4.90 Å². The molecule has 0 atom stereocenters. The number of hydrogen-bond donors (Lipinski definition) is 0. The van der Waals surface area contributed by atoms with E-state index in [2.05, 4.69) is 32.0 Å². The first-order valence-corrected chi connectivity index (χ1v) is 10.4. The van der Waals surface area contributed by atoms with Gasteiger partial charge in [0.05, 0.1) is 13.2 Å². The number of carbonyl (C=O) groups excluding carboxylic acids is 1. The Morgan fingerprint density at radius 3 is 2.31 bits per heavy atom. The number of amides is 1. The van der Waals surface area contributed by atoms with Crippen LogP contribution in [0.3, 0.4) is 0 Å². The fourth-order valence-corrected chi connectivity index (χ4v) is 3.56. The second-order valence-corrected chi connectivity index (χ2v) is 7.41. The van der Waals surface area contributed by atoms with Crippen molar-refractivity contribution in [1.29, 1.82) is 0 Å². The number of piperidine rings is 1. The van der Waals surface area contributed by atoms with Gasteiger partial charge in [0.1, 0.15) is 11.9 Å². The molecule has 2 aromatic carbocycles. The molecule has 29 heavy (non-hydrogen) atoms. The molecule has 1 aliphatic heterocycles. The Morgan fingerprint density at radius 2 is 1.62 bits per heavy atom. The molecule has 1 fully saturated rings. The molecule has 156 valence electrons. The molecule has 3 rings (SSSR count). The molecule has 0 bridgehead atoms. The van der Waals surface area contributed by atoms with E-state index >= 15 is 0 Å². The zero-order valence-electron chi connectivity index (χ0n) is 17.9. The summed E-state index contributed by atoms with van der Waals surface area (Å²) in [6, 6.07) is 11.7. The molecule has 0 spiro atoms. The van der Waals surface area contributed by atoms with Crippen molar-refractivity contribution >= 4 is 5.91 Å². The van der Waals surface area contributed by atoms with Gasteiger partial charge < -0.3 is 19.1 Å². The second-order valence-electron chi connectivity index (χ2n) is 7.41. The van der Waals surface area contributed by atoms with Crippen LogP contribution in [0.1, 0.15) is 48.2 Å². The van der Waals surface area contributed by atoms with Gasteiger partial charge in [-0.15, -0.1) is 0 Å². The third kappa shape index (κ3) is 5.22. The zero-order chi connectivity index (χ0) is 20.8. The summed E-state index contributed by atoms with van der Waals surface area (Å²) >= 11 is 0. The molecule has 0 saturated carbocycles. The number of rotatable bonds is 7. The number of ether oxygens (including phenoxy) is 3. The first-order valence-electron chi connectivity index (χ1n) is 10.4. The van der Waals surface area contributed by atoms with Crippen LogP contribution in [0.4, 0.5) is 0 Å². The molecular formula is C24H31NO4. The van der Waals surface area contributed by atoms with Crippen molar-refractivity contribution in [3.8, 4) is 17.2 Å². The summed E-state index contributed by atoms with van der Waals surface area (Å²) in [5, 5.41) is 0. The SMILES string of the molecule is CCOc1ccc(C(=O)N2CCC(Oc3cc(C)ccc3C)CC2)cc1OCC. The van der Waals surface area contributed by atoms with Gasteiger partial charge in [-0.05, 0) is 63.1 Å². The van der Waals surface area contributed by atoms with Crippen molar-refractivity contribution in [2.24, 2.45) is 0 Å². The summed E-state index contributed by atoms with van der Waals surface area (Å²) in [7, 11) is 0. The van der Waals surface area contributed by atoms with Gasteiger partial charge in [0.25, 0.3) is 5.91 Å². The van der Waals surface area contributed by atoms with E-state index in [1.807, 2.05) is 30.9 Å². The van der Waals surface area contributed by atoms with E-state index in [1.165, 1.54) is 5.56 Å². The predicted octanol–water partition coefficient (Wildman–Crippen LogP) is 4.78. The average Bonchev–Trinajstić information content (AvgIpc) is 2.72. The summed E-state index contributed by atoms with van der Waals surface area (Å²) in [6.07, 6.45) is 1.79. The highest BCUT2D eigenvalue weighted by molar-refractivity contribution is 5.95. The Labute approximate surface area is 173 Å². The van der Waals surface area contributed by atoms with Crippen molar-refractivity contribution in [2.75, 3.05) is 26.3 Å². The van der Waals surface area contributed by atoms with Crippen LogP contribution in [0.2, 0.25) is 0 Å². The molecule has 1 aliphatic rings. The Morgan fingerprint density at radius 1 is 0.931 bits per heavy atom. The normalized spacial score (nSPS) is 14.6. The lowest BCUT2D eigenvalue weighted by Gasteiger charge is -2.32. The lowest BCUT2D eigenvalue weighted by molar-refractivity contribution is 0.0594. The molecule has 0 aliphatic carbocycles. The number of nitrogens with zero attached hydrogens (tertiary/aromatic N) is 1. The van der Waals surface area contributed by atoms with Crippen LogP contribution < -0.4 is 14.2 Å². The van der Waals surface area contributed by atoms with Crippen molar-refractivity contribution < 1.29 is 19.0 Å². The van der Waals surface area contributed by atoms with Crippen LogP contribution in [-0.2, 0) is 0 Å². The van der Waals surface area contributed by atoms with Crippen LogP contribution in [0.15, 0.2) is 36.4 Å². The van der Waals surface area contributed by atoms with Crippen molar-refractivity contribution in [3.05, 3.63) is 53.1 Å². The highest BCUT2D eigenvalue weighted by atomic mass is 16.5. The van der Waals surface area contributed by atoms with E-state index in [0.29, 0.717) is 43.4 Å². The summed E-state index contributed by atoms with van der Waals surface area (Å²) in [6.45, 7) is 10.4. The first kappa shape index (κ1) is 21.0. The molecule has 0 aromatic heterocycles. The maximum Gasteiger partial charge on any atom is 0.253 e. The van der Waals surface area contributed by atoms with Gasteiger partial charge >= 0.3 is 0 Å². The van der Waals surface area contributed by atoms with Crippen LogP contribution >= 0.6 is 0 Å². The predicted molar refractivity (Wildman–Crippen MR) is 114 cm³/mol. The van der Waals surface area contributed by atoms with E-state index in [-0.39, 0.29) is 12.0 Å². The zero-order valence-corrected chi connectivity index (χ0v) is 17.9. The van der Waals surface area contributed by atoms with Gasteiger partial charge in [-0.3, -0.25) is 4.79 Å². The third-order valence-electron chi connectivity index (χ3n) is 5.16. The Bertz CT molecular complexity index is 841. The van der Waals surface area contributed by atoms with Crippen LogP contribution in [0.25, 0.3) is 0 Å². The van der Waals surface area contributed by atoms with Gasteiger partial charge in [-0.2, -0.15) is 0 Å². The highest BCUT2D eigenvalue weighted by Gasteiger charge is 2.25. The lowest BCUT2D eigenvalue weighted by atomic mass is 10.1. The maximum atomic E-state index is 13.0. The minimum Gasteiger partial charge on any atom is -0.490 e. The summed E-state index contributed by atoms with van der Waals surface area (Å²) in [5.74, 6) is 2.27. The van der Waals surface area contributed by atoms with Crippen LogP contribution in [-0.4, -0.2) is 43.2 Å². The largest absolute Gasteiger partial charge is 0.490 e. The standard InChI is InChI=1S/C24H31NO4/c1-5-27-21-10-9-19(16-23(21)28-6-2)24(26)25-13-11-20(12-14-25)29-22-15-17(3)7-8-18(22)4/h7-10,15-16,20H,5-6,11-14H2,1-4H3. The molecular weight excluding hydrogens is 366 g/mol. The summed E-state index contributed by atoms with van der Waals surface area (Å²) in [4.78, 5) is 14.9. The highest BCUT2D eigenvalue weighted by Crippen LogP contribution is 2.30. The van der Waals surface area contributed by atoms with Gasteiger partial charge in [-0.1, -0.05) is 12.1 Å². The number of hydrogen-bond acceptors (Lipinski definition) is 4. The Hall–Kier alpha value is -2.69. The molecule has 5 nitrogen and oxygen atoms in total. The van der Waals surface area contributed by atoms with E-state index in [4.69, 9.17) is 14.2 Å². The molecule has 1 amide bonds. The van der Waals surface area contributed by atoms with E-state index in [0.717, 1.165) is 24.2 Å². The van der Waals surface area contributed by atoms with E-state index in [1.54, 1.807) is 6.07 Å². The molecule has 1 saturated heterocycles. The minimum atomic E-state index is 0.0270. The molecule has 2 aromatic rings. The molecule has 0 unspecified atom stereocenters. The topological polar surface area (TPSA) is 48.0 Å². The van der Waals surface area contributed by atoms with Gasteiger partial charge in [-0.25, -0.2) is 0 Å².